The largest absolute Gasteiger partial charge is 0.481 e. The van der Waals surface area contributed by atoms with Crippen LogP contribution in [-0.4, -0.2) is 17.6 Å². The quantitative estimate of drug-likeness (QED) is 0.775. The van der Waals surface area contributed by atoms with Gasteiger partial charge in [0, 0.05) is 6.54 Å². The molecule has 3 N–H and O–H groups in total. The zero-order chi connectivity index (χ0) is 14.7. The summed E-state index contributed by atoms with van der Waals surface area (Å²) in [6, 6.07) is 1.46. The van der Waals surface area contributed by atoms with Crippen molar-refractivity contribution in [1.82, 2.24) is 0 Å². The van der Waals surface area contributed by atoms with E-state index in [4.69, 9.17) is 57.2 Å². The molecule has 2 unspecified atom stereocenters. The zero-order valence-corrected chi connectivity index (χ0v) is 13.1. The van der Waals surface area contributed by atoms with E-state index in [2.05, 4.69) is 0 Å². The van der Waals surface area contributed by atoms with Crippen molar-refractivity contribution in [2.45, 2.75) is 19.3 Å². The lowest BCUT2D eigenvalue weighted by Gasteiger charge is -2.20. The monoisotopic (exact) mass is 343 g/mol. The first kappa shape index (κ1) is 16.9. The molecule has 0 aliphatic carbocycles. The maximum Gasteiger partial charge on any atom is 0.307 e. The van der Waals surface area contributed by atoms with Crippen LogP contribution >= 0.6 is 46.4 Å². The van der Waals surface area contributed by atoms with E-state index in [1.54, 1.807) is 0 Å². The Hall–Kier alpha value is -0.190. The highest BCUT2D eigenvalue weighted by Crippen LogP contribution is 2.42. The van der Waals surface area contributed by atoms with Gasteiger partial charge in [-0.1, -0.05) is 53.3 Å². The van der Waals surface area contributed by atoms with Gasteiger partial charge in [-0.05, 0) is 24.0 Å². The van der Waals surface area contributed by atoms with E-state index in [1.165, 1.54) is 6.07 Å². The van der Waals surface area contributed by atoms with Gasteiger partial charge in [0.2, 0.25) is 0 Å². The lowest BCUT2D eigenvalue weighted by atomic mass is 9.90. The highest BCUT2D eigenvalue weighted by molar-refractivity contribution is 6.48. The first-order valence-corrected chi connectivity index (χ1v) is 7.06. The smallest absolute Gasteiger partial charge is 0.307 e. The van der Waals surface area contributed by atoms with Crippen molar-refractivity contribution in [1.29, 1.82) is 0 Å². The Balaban J connectivity index is 3.12. The van der Waals surface area contributed by atoms with Crippen molar-refractivity contribution in [2.75, 3.05) is 6.54 Å². The fourth-order valence-electron chi connectivity index (χ4n) is 1.87. The van der Waals surface area contributed by atoms with Gasteiger partial charge in [0.1, 0.15) is 0 Å². The highest BCUT2D eigenvalue weighted by atomic mass is 35.5. The van der Waals surface area contributed by atoms with Crippen LogP contribution in [-0.2, 0) is 4.79 Å². The van der Waals surface area contributed by atoms with Gasteiger partial charge in [-0.15, -0.1) is 0 Å². The Labute approximate surface area is 131 Å². The standard InChI is InChI=1S/C12H13Cl4NO2/c1-5(2-6(4-17)12(18)19)9-10(15)7(13)3-8(14)11(9)16/h3,5-6H,2,4,17H2,1H3,(H,18,19). The van der Waals surface area contributed by atoms with E-state index < -0.39 is 11.9 Å². The molecule has 0 aliphatic heterocycles. The molecule has 0 aromatic heterocycles. The topological polar surface area (TPSA) is 63.3 Å². The van der Waals surface area contributed by atoms with Gasteiger partial charge in [0.15, 0.2) is 0 Å². The number of halogens is 4. The number of aliphatic carboxylic acids is 1. The summed E-state index contributed by atoms with van der Waals surface area (Å²) in [6.07, 6.45) is 0.307. The van der Waals surface area contributed by atoms with Gasteiger partial charge in [-0.25, -0.2) is 0 Å². The lowest BCUT2D eigenvalue weighted by molar-refractivity contribution is -0.141. The predicted octanol–water partition coefficient (Wildman–Crippen LogP) is 4.45. The molecule has 0 aliphatic rings. The van der Waals surface area contributed by atoms with Crippen molar-refractivity contribution >= 4 is 52.4 Å². The maximum atomic E-state index is 11.0. The van der Waals surface area contributed by atoms with Crippen LogP contribution in [0.4, 0.5) is 0 Å². The highest BCUT2D eigenvalue weighted by Gasteiger charge is 2.24. The van der Waals surface area contributed by atoms with E-state index in [1.807, 2.05) is 6.92 Å². The Kier molecular flexibility index (Phi) is 6.21. The second-order valence-electron chi connectivity index (χ2n) is 4.29. The summed E-state index contributed by atoms with van der Waals surface area (Å²) in [5.74, 6) is -1.84. The summed E-state index contributed by atoms with van der Waals surface area (Å²) < 4.78 is 0. The van der Waals surface area contributed by atoms with E-state index in [0.29, 0.717) is 22.0 Å². The first-order valence-electron chi connectivity index (χ1n) is 5.55. The second-order valence-corrected chi connectivity index (χ2v) is 5.86. The fraction of sp³-hybridized carbons (Fsp3) is 0.417. The molecular formula is C12H13Cl4NO2. The Morgan fingerprint density at radius 2 is 1.74 bits per heavy atom. The first-order chi connectivity index (χ1) is 8.79. The third kappa shape index (κ3) is 3.89. The van der Waals surface area contributed by atoms with E-state index in [9.17, 15) is 4.79 Å². The summed E-state index contributed by atoms with van der Waals surface area (Å²) in [4.78, 5) is 11.0. The molecule has 0 bridgehead atoms. The van der Waals surface area contributed by atoms with E-state index in [0.717, 1.165) is 0 Å². The van der Waals surface area contributed by atoms with Gasteiger partial charge < -0.3 is 10.8 Å². The molecule has 7 heteroatoms. The molecule has 3 nitrogen and oxygen atoms in total. The SMILES string of the molecule is CC(CC(CN)C(=O)O)c1c(Cl)c(Cl)cc(Cl)c1Cl. The number of carbonyl (C=O) groups is 1. The molecule has 1 aromatic rings. The molecule has 0 saturated heterocycles. The Morgan fingerprint density at radius 3 is 2.11 bits per heavy atom. The predicted molar refractivity (Wildman–Crippen MR) is 79.7 cm³/mol. The molecule has 19 heavy (non-hydrogen) atoms. The number of carboxylic acids is 1. The number of hydrogen-bond acceptors (Lipinski definition) is 2. The van der Waals surface area contributed by atoms with Gasteiger partial charge in [0.25, 0.3) is 0 Å². The van der Waals surface area contributed by atoms with Crippen LogP contribution in [0, 0.1) is 5.92 Å². The van der Waals surface area contributed by atoms with Crippen LogP contribution in [0.1, 0.15) is 24.8 Å². The van der Waals surface area contributed by atoms with Gasteiger partial charge >= 0.3 is 5.97 Å². The summed E-state index contributed by atoms with van der Waals surface area (Å²) in [5, 5.41) is 10.2. The minimum atomic E-state index is -0.949. The molecule has 106 valence electrons. The van der Waals surface area contributed by atoms with Crippen molar-refractivity contribution in [2.24, 2.45) is 11.7 Å². The number of benzene rings is 1. The molecule has 0 fully saturated rings. The van der Waals surface area contributed by atoms with Crippen molar-refractivity contribution < 1.29 is 9.90 Å². The third-order valence-corrected chi connectivity index (χ3v) is 4.51. The van der Waals surface area contributed by atoms with E-state index >= 15 is 0 Å². The molecule has 1 rings (SSSR count). The molecule has 0 heterocycles. The molecule has 0 saturated carbocycles. The average Bonchev–Trinajstić information content (AvgIpc) is 2.33. The van der Waals surface area contributed by atoms with Gasteiger partial charge in [-0.3, -0.25) is 4.79 Å². The molecule has 2 atom stereocenters. The number of hydrogen-bond donors (Lipinski definition) is 2. The lowest BCUT2D eigenvalue weighted by Crippen LogP contribution is -2.25. The van der Waals surface area contributed by atoms with Gasteiger partial charge in [0.05, 0.1) is 26.0 Å². The third-order valence-electron chi connectivity index (χ3n) is 2.91. The average molecular weight is 345 g/mol. The van der Waals surface area contributed by atoms with Crippen LogP contribution in [0.3, 0.4) is 0 Å². The van der Waals surface area contributed by atoms with Gasteiger partial charge in [-0.2, -0.15) is 0 Å². The molecule has 0 radical (unpaired) electrons. The Bertz CT molecular complexity index is 467. The van der Waals surface area contributed by atoms with Crippen LogP contribution in [0.25, 0.3) is 0 Å². The minimum Gasteiger partial charge on any atom is -0.481 e. The summed E-state index contributed by atoms with van der Waals surface area (Å²) in [5.41, 5.74) is 5.99. The Morgan fingerprint density at radius 1 is 1.26 bits per heavy atom. The zero-order valence-electron chi connectivity index (χ0n) is 10.1. The van der Waals surface area contributed by atoms with Crippen molar-refractivity contribution in [3.63, 3.8) is 0 Å². The molecule has 0 amide bonds. The number of rotatable bonds is 5. The molecule has 0 spiro atoms. The number of nitrogens with two attached hydrogens (primary N) is 1. The summed E-state index contributed by atoms with van der Waals surface area (Å²) in [7, 11) is 0. The van der Waals surface area contributed by atoms with Crippen LogP contribution in [0.5, 0.6) is 0 Å². The fourth-order valence-corrected chi connectivity index (χ4v) is 3.06. The molecular weight excluding hydrogens is 332 g/mol. The second kappa shape index (κ2) is 7.00. The number of carboxylic acid groups (broad SMARTS) is 1. The van der Waals surface area contributed by atoms with Crippen molar-refractivity contribution in [3.8, 4) is 0 Å². The summed E-state index contributed by atoms with van der Waals surface area (Å²) in [6.45, 7) is 1.86. The van der Waals surface area contributed by atoms with Crippen molar-refractivity contribution in [3.05, 3.63) is 31.7 Å². The summed E-state index contributed by atoms with van der Waals surface area (Å²) >= 11 is 24.1. The van der Waals surface area contributed by atoms with Crippen LogP contribution in [0.15, 0.2) is 6.07 Å². The maximum absolute atomic E-state index is 11.0. The van der Waals surface area contributed by atoms with E-state index in [-0.39, 0.29) is 22.5 Å². The minimum absolute atomic E-state index is 0.0449. The van der Waals surface area contributed by atoms with Crippen LogP contribution < -0.4 is 5.73 Å². The molecule has 1 aromatic carbocycles. The normalized spacial score (nSPS) is 14.2. The van der Waals surface area contributed by atoms with Crippen LogP contribution in [0.2, 0.25) is 20.1 Å².